The Hall–Kier alpha value is -5.68. The van der Waals surface area contributed by atoms with Gasteiger partial charge in [0.1, 0.15) is 0 Å². The zero-order valence-electron chi connectivity index (χ0n) is 25.7. The van der Waals surface area contributed by atoms with Crippen molar-refractivity contribution in [3.05, 3.63) is 138 Å². The Morgan fingerprint density at radius 3 is 2.49 bits per heavy atom. The number of fused-ring (bicyclic) bond motifs is 2. The molecule has 0 bridgehead atoms. The molecule has 47 heavy (non-hydrogen) atoms. The van der Waals surface area contributed by atoms with Crippen LogP contribution < -0.4 is 24.4 Å². The van der Waals surface area contributed by atoms with E-state index in [1.165, 1.54) is 11.3 Å². The monoisotopic (exact) mass is 647 g/mol. The average molecular weight is 648 g/mol. The Morgan fingerprint density at radius 2 is 1.77 bits per heavy atom. The topological polar surface area (TPSA) is 121 Å². The third-order valence-corrected chi connectivity index (χ3v) is 9.20. The lowest BCUT2D eigenvalue weighted by Gasteiger charge is -2.26. The lowest BCUT2D eigenvalue weighted by Crippen LogP contribution is -2.40. The Balaban J connectivity index is 1.43. The first-order chi connectivity index (χ1) is 22.7. The fraction of sp³-hybridized carbons (Fsp3) is 0.167. The minimum atomic E-state index is -0.992. The van der Waals surface area contributed by atoms with Gasteiger partial charge in [0.2, 0.25) is 6.79 Å². The molecule has 7 rings (SSSR count). The van der Waals surface area contributed by atoms with E-state index in [1.807, 2.05) is 67.0 Å². The normalized spacial score (nSPS) is 15.4. The summed E-state index contributed by atoms with van der Waals surface area (Å²) >= 11 is 1.24. The number of aromatic carboxylic acids is 1. The van der Waals surface area contributed by atoms with Crippen LogP contribution in [0.15, 0.2) is 94.2 Å². The number of nitrogens with zero attached hydrogens (tertiary/aromatic N) is 3. The molecule has 0 aliphatic carbocycles. The first-order valence-corrected chi connectivity index (χ1v) is 15.8. The van der Waals surface area contributed by atoms with Crippen LogP contribution in [-0.2, 0) is 9.53 Å². The molecule has 2 aliphatic heterocycles. The number of hydrogen-bond donors (Lipinski definition) is 1. The Morgan fingerprint density at radius 1 is 1.02 bits per heavy atom. The van der Waals surface area contributed by atoms with E-state index in [0.29, 0.717) is 32.1 Å². The number of ether oxygens (including phenoxy) is 3. The van der Waals surface area contributed by atoms with Gasteiger partial charge in [-0.3, -0.25) is 9.36 Å². The summed E-state index contributed by atoms with van der Waals surface area (Å²) in [7, 11) is 0. The highest BCUT2D eigenvalue weighted by molar-refractivity contribution is 7.07. The van der Waals surface area contributed by atoms with E-state index < -0.39 is 18.0 Å². The summed E-state index contributed by atoms with van der Waals surface area (Å²) in [6, 6.07) is 22.6. The molecule has 2 aromatic heterocycles. The smallest absolute Gasteiger partial charge is 0.338 e. The molecule has 5 aromatic rings. The summed E-state index contributed by atoms with van der Waals surface area (Å²) in [6.45, 7) is 5.87. The predicted octanol–water partition coefficient (Wildman–Crippen LogP) is 4.77. The van der Waals surface area contributed by atoms with Crippen molar-refractivity contribution in [1.29, 1.82) is 0 Å². The largest absolute Gasteiger partial charge is 0.478 e. The Labute approximate surface area is 272 Å². The molecule has 236 valence electrons. The molecule has 4 heterocycles. The van der Waals surface area contributed by atoms with Gasteiger partial charge in [-0.1, -0.05) is 47.7 Å². The molecule has 3 aromatic carbocycles. The van der Waals surface area contributed by atoms with Crippen LogP contribution >= 0.6 is 11.3 Å². The standard InChI is InChI=1S/C36H29N3O7S/c1-4-44-35(43)30-31(22-8-6-5-7-9-22)37-36-39(32(30)24-12-15-27-28(17-24)46-19-45-27)33(40)29(47-36)18-25-16-20(2)38(21(25)3)26-13-10-23(11-14-26)34(41)42/h5-18,32H,4,19H2,1-3H3,(H,41,42)/b29-18-/t32-/m1/s1. The number of carboxylic acids is 1. The van der Waals surface area contributed by atoms with Gasteiger partial charge >= 0.3 is 11.9 Å². The number of thiazole rings is 1. The number of hydrogen-bond acceptors (Lipinski definition) is 8. The van der Waals surface area contributed by atoms with Crippen molar-refractivity contribution in [3.63, 3.8) is 0 Å². The second kappa shape index (κ2) is 11.9. The summed E-state index contributed by atoms with van der Waals surface area (Å²) in [4.78, 5) is 44.8. The molecule has 11 heteroatoms. The van der Waals surface area contributed by atoms with Crippen molar-refractivity contribution in [3.8, 4) is 17.2 Å². The summed E-state index contributed by atoms with van der Waals surface area (Å²) in [5.74, 6) is -0.451. The highest BCUT2D eigenvalue weighted by Gasteiger charge is 2.36. The second-order valence-electron chi connectivity index (χ2n) is 11.1. The van der Waals surface area contributed by atoms with Gasteiger partial charge in [0, 0.05) is 22.6 Å². The quantitative estimate of drug-likeness (QED) is 0.253. The minimum absolute atomic E-state index is 0.0828. The number of aromatic nitrogens is 2. The van der Waals surface area contributed by atoms with Crippen LogP contribution in [0.3, 0.4) is 0 Å². The Bertz CT molecular complexity index is 2280. The number of rotatable bonds is 7. The summed E-state index contributed by atoms with van der Waals surface area (Å²) in [5.41, 5.74) is 5.37. The van der Waals surface area contributed by atoms with Gasteiger partial charge in [0.25, 0.3) is 5.56 Å². The van der Waals surface area contributed by atoms with E-state index in [9.17, 15) is 19.5 Å². The molecule has 10 nitrogen and oxygen atoms in total. The molecule has 0 fully saturated rings. The van der Waals surface area contributed by atoms with Crippen LogP contribution in [0.4, 0.5) is 0 Å². The van der Waals surface area contributed by atoms with Gasteiger partial charge in [-0.25, -0.2) is 14.6 Å². The molecule has 2 aliphatic rings. The fourth-order valence-electron chi connectivity index (χ4n) is 6.06. The molecule has 0 saturated heterocycles. The third-order valence-electron chi connectivity index (χ3n) is 8.22. The predicted molar refractivity (Wildman–Crippen MR) is 176 cm³/mol. The average Bonchev–Trinajstić information content (AvgIpc) is 3.75. The molecule has 0 amide bonds. The van der Waals surface area contributed by atoms with Gasteiger partial charge < -0.3 is 23.9 Å². The van der Waals surface area contributed by atoms with Gasteiger partial charge in [-0.15, -0.1) is 0 Å². The zero-order chi connectivity index (χ0) is 32.8. The van der Waals surface area contributed by atoms with Crippen molar-refractivity contribution in [2.45, 2.75) is 26.8 Å². The van der Waals surface area contributed by atoms with Gasteiger partial charge in [-0.05, 0) is 80.4 Å². The molecular weight excluding hydrogens is 618 g/mol. The van der Waals surface area contributed by atoms with Crippen molar-refractivity contribution >= 4 is 35.0 Å². The SMILES string of the molecule is CCOC(=O)C1=C(c2ccccc2)N=c2s/c(=C\c3cc(C)n(-c4ccc(C(=O)O)cc4)c3C)c(=O)n2[C@@H]1c1ccc2c(c1)OCO2. The van der Waals surface area contributed by atoms with Crippen molar-refractivity contribution in [1.82, 2.24) is 9.13 Å². The first kappa shape index (κ1) is 30.0. The molecule has 0 radical (unpaired) electrons. The van der Waals surface area contributed by atoms with E-state index >= 15 is 0 Å². The number of aryl methyl sites for hydroxylation is 1. The number of carbonyl (C=O) groups is 2. The van der Waals surface area contributed by atoms with E-state index in [4.69, 9.17) is 19.2 Å². The molecule has 0 unspecified atom stereocenters. The van der Waals surface area contributed by atoms with Crippen molar-refractivity contribution in [2.75, 3.05) is 13.4 Å². The van der Waals surface area contributed by atoms with E-state index in [-0.39, 0.29) is 30.1 Å². The number of carboxylic acid groups (broad SMARTS) is 1. The number of esters is 1. The second-order valence-corrected chi connectivity index (χ2v) is 12.1. The van der Waals surface area contributed by atoms with Crippen LogP contribution in [0.1, 0.15) is 51.4 Å². The molecule has 0 spiro atoms. The third kappa shape index (κ3) is 5.24. The summed E-state index contributed by atoms with van der Waals surface area (Å²) in [6.07, 6.45) is 1.83. The maximum Gasteiger partial charge on any atom is 0.338 e. The lowest BCUT2D eigenvalue weighted by molar-refractivity contribution is -0.138. The van der Waals surface area contributed by atoms with Gasteiger partial charge in [0.15, 0.2) is 16.3 Å². The van der Waals surface area contributed by atoms with E-state index in [0.717, 1.165) is 28.2 Å². The number of benzene rings is 3. The van der Waals surface area contributed by atoms with Gasteiger partial charge in [-0.2, -0.15) is 0 Å². The molecule has 1 atom stereocenters. The number of carbonyl (C=O) groups excluding carboxylic acids is 1. The van der Waals surface area contributed by atoms with Crippen molar-refractivity contribution < 1.29 is 28.9 Å². The minimum Gasteiger partial charge on any atom is -0.478 e. The van der Waals surface area contributed by atoms with Crippen LogP contribution in [0.5, 0.6) is 11.5 Å². The first-order valence-electron chi connectivity index (χ1n) is 15.0. The van der Waals surface area contributed by atoms with E-state index in [1.54, 1.807) is 47.9 Å². The molecular formula is C36H29N3O7S. The lowest BCUT2D eigenvalue weighted by atomic mass is 9.93. The van der Waals surface area contributed by atoms with Crippen molar-refractivity contribution in [2.24, 2.45) is 4.99 Å². The molecule has 1 N–H and O–H groups in total. The zero-order valence-corrected chi connectivity index (χ0v) is 26.5. The van der Waals surface area contributed by atoms with Gasteiger partial charge in [0.05, 0.1) is 34.0 Å². The van der Waals surface area contributed by atoms with Crippen LogP contribution in [0.2, 0.25) is 0 Å². The van der Waals surface area contributed by atoms with Crippen LogP contribution in [0, 0.1) is 13.8 Å². The molecule has 0 saturated carbocycles. The van der Waals surface area contributed by atoms with Crippen LogP contribution in [-0.4, -0.2) is 39.6 Å². The summed E-state index contributed by atoms with van der Waals surface area (Å²) < 4.78 is 20.8. The summed E-state index contributed by atoms with van der Waals surface area (Å²) in [5, 5.41) is 9.32. The maximum atomic E-state index is 14.4. The fourth-order valence-corrected chi connectivity index (χ4v) is 7.06. The Kier molecular flexibility index (Phi) is 7.61. The highest BCUT2D eigenvalue weighted by Crippen LogP contribution is 2.40. The van der Waals surface area contributed by atoms with E-state index in [2.05, 4.69) is 0 Å². The van der Waals surface area contributed by atoms with Crippen LogP contribution in [0.25, 0.3) is 17.5 Å². The maximum absolute atomic E-state index is 14.4. The highest BCUT2D eigenvalue weighted by atomic mass is 32.1.